The van der Waals surface area contributed by atoms with Gasteiger partial charge < -0.3 is 9.64 Å². The van der Waals surface area contributed by atoms with Gasteiger partial charge in [0, 0.05) is 23.7 Å². The second-order valence-corrected chi connectivity index (χ2v) is 6.06. The lowest BCUT2D eigenvalue weighted by Gasteiger charge is -2.16. The third-order valence-electron chi connectivity index (χ3n) is 3.17. The van der Waals surface area contributed by atoms with Crippen molar-refractivity contribution in [2.45, 2.75) is 11.4 Å². The Labute approximate surface area is 129 Å². The van der Waals surface area contributed by atoms with Gasteiger partial charge in [0.1, 0.15) is 11.6 Å². The molecule has 0 spiro atoms. The summed E-state index contributed by atoms with van der Waals surface area (Å²) in [6.07, 6.45) is 0. The summed E-state index contributed by atoms with van der Waals surface area (Å²) in [4.78, 5) is 3.38. The van der Waals surface area contributed by atoms with Gasteiger partial charge in [0.15, 0.2) is 0 Å². The summed E-state index contributed by atoms with van der Waals surface area (Å²) in [5, 5.41) is 0. The maximum atomic E-state index is 12.8. The van der Waals surface area contributed by atoms with E-state index < -0.39 is 0 Å². The Morgan fingerprint density at radius 3 is 2.33 bits per heavy atom. The molecule has 0 aliphatic rings. The first-order chi connectivity index (χ1) is 10.2. The van der Waals surface area contributed by atoms with Gasteiger partial charge in [-0.25, -0.2) is 4.39 Å². The first kappa shape index (κ1) is 15.9. The number of hydrogen-bond acceptors (Lipinski definition) is 3. The van der Waals surface area contributed by atoms with Crippen LogP contribution in [0.15, 0.2) is 53.4 Å². The summed E-state index contributed by atoms with van der Waals surface area (Å²) >= 11 is 1.75. The van der Waals surface area contributed by atoms with Crippen molar-refractivity contribution in [3.8, 4) is 5.75 Å². The zero-order valence-corrected chi connectivity index (χ0v) is 13.2. The number of ether oxygens (including phenoxy) is 1. The minimum atomic E-state index is -0.184. The van der Waals surface area contributed by atoms with E-state index in [1.54, 1.807) is 18.9 Å². The molecule has 0 fully saturated rings. The van der Waals surface area contributed by atoms with Crippen molar-refractivity contribution in [2.75, 3.05) is 26.5 Å². The number of rotatable bonds is 7. The Morgan fingerprint density at radius 2 is 1.71 bits per heavy atom. The molecular weight excluding hydrogens is 285 g/mol. The molecule has 0 aromatic heterocycles. The SMILES string of the molecule is COc1ccc(CN(C)CCSc2ccc(F)cc2)cc1. The Kier molecular flexibility index (Phi) is 6.08. The van der Waals surface area contributed by atoms with E-state index in [9.17, 15) is 4.39 Å². The van der Waals surface area contributed by atoms with Crippen LogP contribution < -0.4 is 4.74 Å². The molecule has 0 atom stereocenters. The summed E-state index contributed by atoms with van der Waals surface area (Å²) in [6.45, 7) is 1.89. The van der Waals surface area contributed by atoms with Gasteiger partial charge in [0.25, 0.3) is 0 Å². The van der Waals surface area contributed by atoms with Gasteiger partial charge in [-0.2, -0.15) is 0 Å². The maximum Gasteiger partial charge on any atom is 0.123 e. The average Bonchev–Trinajstić information content (AvgIpc) is 2.50. The van der Waals surface area contributed by atoms with E-state index in [1.165, 1.54) is 17.7 Å². The zero-order valence-electron chi connectivity index (χ0n) is 12.4. The van der Waals surface area contributed by atoms with E-state index in [1.807, 2.05) is 24.3 Å². The molecule has 0 radical (unpaired) electrons. The minimum absolute atomic E-state index is 0.184. The molecule has 0 saturated heterocycles. The summed E-state index contributed by atoms with van der Waals surface area (Å²) in [5.74, 6) is 1.68. The van der Waals surface area contributed by atoms with E-state index in [0.717, 1.165) is 29.5 Å². The minimum Gasteiger partial charge on any atom is -0.497 e. The second-order valence-electron chi connectivity index (χ2n) is 4.89. The number of hydrogen-bond donors (Lipinski definition) is 0. The highest BCUT2D eigenvalue weighted by Gasteiger charge is 2.02. The van der Waals surface area contributed by atoms with Crippen molar-refractivity contribution in [3.63, 3.8) is 0 Å². The highest BCUT2D eigenvalue weighted by atomic mass is 32.2. The van der Waals surface area contributed by atoms with Crippen molar-refractivity contribution in [1.82, 2.24) is 4.90 Å². The monoisotopic (exact) mass is 305 g/mol. The molecule has 0 amide bonds. The molecule has 0 N–H and O–H groups in total. The van der Waals surface area contributed by atoms with Gasteiger partial charge >= 0.3 is 0 Å². The molecule has 2 nitrogen and oxygen atoms in total. The van der Waals surface area contributed by atoms with Gasteiger partial charge in [-0.15, -0.1) is 11.8 Å². The molecule has 0 aliphatic carbocycles. The largest absolute Gasteiger partial charge is 0.497 e. The Bertz CT molecular complexity index is 542. The predicted octanol–water partition coefficient (Wildman–Crippen LogP) is 4.06. The first-order valence-corrected chi connectivity index (χ1v) is 7.86. The molecule has 4 heteroatoms. The lowest BCUT2D eigenvalue weighted by Crippen LogP contribution is -2.20. The molecule has 2 aromatic carbocycles. The first-order valence-electron chi connectivity index (χ1n) is 6.87. The maximum absolute atomic E-state index is 12.8. The molecule has 0 unspecified atom stereocenters. The molecule has 0 aliphatic heterocycles. The molecule has 0 saturated carbocycles. The average molecular weight is 305 g/mol. The summed E-state index contributed by atoms with van der Waals surface area (Å²) in [5.41, 5.74) is 1.27. The molecule has 112 valence electrons. The van der Waals surface area contributed by atoms with Crippen LogP contribution in [0.3, 0.4) is 0 Å². The smallest absolute Gasteiger partial charge is 0.123 e. The Balaban J connectivity index is 1.73. The lowest BCUT2D eigenvalue weighted by molar-refractivity contribution is 0.348. The summed E-state index contributed by atoms with van der Waals surface area (Å²) in [6, 6.07) is 14.8. The van der Waals surface area contributed by atoms with Crippen LogP contribution in [0.2, 0.25) is 0 Å². The number of methoxy groups -OCH3 is 1. The van der Waals surface area contributed by atoms with Gasteiger partial charge in [0.2, 0.25) is 0 Å². The van der Waals surface area contributed by atoms with E-state index >= 15 is 0 Å². The Morgan fingerprint density at radius 1 is 1.05 bits per heavy atom. The van der Waals surface area contributed by atoms with Crippen molar-refractivity contribution in [2.24, 2.45) is 0 Å². The highest BCUT2D eigenvalue weighted by Crippen LogP contribution is 2.18. The van der Waals surface area contributed by atoms with Gasteiger partial charge in [-0.1, -0.05) is 12.1 Å². The quantitative estimate of drug-likeness (QED) is 0.716. The second kappa shape index (κ2) is 8.05. The number of benzene rings is 2. The van der Waals surface area contributed by atoms with Crippen molar-refractivity contribution in [1.29, 1.82) is 0 Å². The molecule has 2 aromatic rings. The number of thioether (sulfide) groups is 1. The fourth-order valence-electron chi connectivity index (χ4n) is 1.97. The zero-order chi connectivity index (χ0) is 15.1. The van der Waals surface area contributed by atoms with Crippen molar-refractivity contribution < 1.29 is 9.13 Å². The lowest BCUT2D eigenvalue weighted by atomic mass is 10.2. The third kappa shape index (κ3) is 5.40. The fraction of sp³-hybridized carbons (Fsp3) is 0.294. The topological polar surface area (TPSA) is 12.5 Å². The van der Waals surface area contributed by atoms with Crippen LogP contribution in [-0.2, 0) is 6.54 Å². The number of nitrogens with zero attached hydrogens (tertiary/aromatic N) is 1. The van der Waals surface area contributed by atoms with Crippen LogP contribution in [0.1, 0.15) is 5.56 Å². The van der Waals surface area contributed by atoms with E-state index in [4.69, 9.17) is 4.74 Å². The van der Waals surface area contributed by atoms with Gasteiger partial charge in [0.05, 0.1) is 7.11 Å². The fourth-order valence-corrected chi connectivity index (χ4v) is 2.94. The molecular formula is C17H20FNOS. The van der Waals surface area contributed by atoms with Crippen LogP contribution in [0, 0.1) is 5.82 Å². The predicted molar refractivity (Wildman–Crippen MR) is 86.5 cm³/mol. The van der Waals surface area contributed by atoms with Crippen LogP contribution in [0.4, 0.5) is 4.39 Å². The Hall–Kier alpha value is -1.52. The number of halogens is 1. The normalized spacial score (nSPS) is 10.9. The van der Waals surface area contributed by atoms with Gasteiger partial charge in [-0.05, 0) is 49.0 Å². The van der Waals surface area contributed by atoms with Gasteiger partial charge in [-0.3, -0.25) is 0 Å². The molecule has 2 rings (SSSR count). The van der Waals surface area contributed by atoms with E-state index in [-0.39, 0.29) is 5.82 Å². The van der Waals surface area contributed by atoms with Crippen LogP contribution in [0.25, 0.3) is 0 Å². The molecule has 0 heterocycles. The van der Waals surface area contributed by atoms with Crippen molar-refractivity contribution >= 4 is 11.8 Å². The summed E-state index contributed by atoms with van der Waals surface area (Å²) < 4.78 is 18.0. The van der Waals surface area contributed by atoms with Crippen molar-refractivity contribution in [3.05, 3.63) is 59.9 Å². The summed E-state index contributed by atoms with van der Waals surface area (Å²) in [7, 11) is 3.78. The van der Waals surface area contributed by atoms with Crippen LogP contribution in [-0.4, -0.2) is 31.4 Å². The van der Waals surface area contributed by atoms with E-state index in [2.05, 4.69) is 24.1 Å². The third-order valence-corrected chi connectivity index (χ3v) is 4.16. The standard InChI is InChI=1S/C17H20FNOS/c1-19(13-14-3-7-16(20-2)8-4-14)11-12-21-17-9-5-15(18)6-10-17/h3-10H,11-13H2,1-2H3. The van der Waals surface area contributed by atoms with E-state index in [0.29, 0.717) is 0 Å². The van der Waals surface area contributed by atoms with Crippen LogP contribution >= 0.6 is 11.8 Å². The van der Waals surface area contributed by atoms with Crippen LogP contribution in [0.5, 0.6) is 5.75 Å². The molecule has 0 bridgehead atoms. The highest BCUT2D eigenvalue weighted by molar-refractivity contribution is 7.99. The molecule has 21 heavy (non-hydrogen) atoms.